The highest BCUT2D eigenvalue weighted by Crippen LogP contribution is 2.37. The van der Waals surface area contributed by atoms with Gasteiger partial charge in [0.1, 0.15) is 5.75 Å². The Kier molecular flexibility index (Phi) is 4.90. The third kappa shape index (κ3) is 3.18. The topological polar surface area (TPSA) is 29.5 Å². The summed E-state index contributed by atoms with van der Waals surface area (Å²) in [7, 11) is 0. The molecule has 0 saturated heterocycles. The maximum Gasteiger partial charge on any atom is 0.128 e. The largest absolute Gasteiger partial charge is 0.493 e. The molecule has 18 heavy (non-hydrogen) atoms. The van der Waals surface area contributed by atoms with E-state index in [9.17, 15) is 5.11 Å². The van der Waals surface area contributed by atoms with Gasteiger partial charge in [0, 0.05) is 17.0 Å². The molecule has 0 amide bonds. The number of rotatable bonds is 6. The minimum Gasteiger partial charge on any atom is -0.493 e. The second-order valence-corrected chi connectivity index (χ2v) is 5.38. The van der Waals surface area contributed by atoms with Gasteiger partial charge in [0.2, 0.25) is 0 Å². The molecule has 0 spiro atoms. The summed E-state index contributed by atoms with van der Waals surface area (Å²) in [5.41, 5.74) is 2.00. The van der Waals surface area contributed by atoms with Crippen molar-refractivity contribution in [3.05, 3.63) is 28.3 Å². The first-order valence-electron chi connectivity index (χ1n) is 6.85. The SMILES string of the molecule is CCCCCCC(O)c1cc(Cl)cc2c1OCC2. The maximum atomic E-state index is 10.3. The molecule has 0 aliphatic carbocycles. The van der Waals surface area contributed by atoms with Crippen molar-refractivity contribution in [1.82, 2.24) is 0 Å². The molecule has 0 aromatic heterocycles. The lowest BCUT2D eigenvalue weighted by Crippen LogP contribution is -2.01. The molecule has 2 nitrogen and oxygen atoms in total. The first-order valence-corrected chi connectivity index (χ1v) is 7.23. The molecular weight excluding hydrogens is 248 g/mol. The Hall–Kier alpha value is -0.730. The number of halogens is 1. The van der Waals surface area contributed by atoms with Gasteiger partial charge in [-0.25, -0.2) is 0 Å². The number of unbranched alkanes of at least 4 members (excludes halogenated alkanes) is 3. The summed E-state index contributed by atoms with van der Waals surface area (Å²) >= 11 is 6.09. The maximum absolute atomic E-state index is 10.3. The zero-order valence-corrected chi connectivity index (χ0v) is 11.7. The van der Waals surface area contributed by atoms with Crippen LogP contribution in [0, 0.1) is 0 Å². The second-order valence-electron chi connectivity index (χ2n) is 4.95. The molecule has 0 fully saturated rings. The first kappa shape index (κ1) is 13.7. The predicted molar refractivity (Wildman–Crippen MR) is 74.4 cm³/mol. The Morgan fingerprint density at radius 2 is 2.17 bits per heavy atom. The molecule has 1 N–H and O–H groups in total. The van der Waals surface area contributed by atoms with Gasteiger partial charge in [-0.2, -0.15) is 0 Å². The molecule has 0 radical (unpaired) electrons. The quantitative estimate of drug-likeness (QED) is 0.781. The first-order chi connectivity index (χ1) is 8.72. The molecular formula is C15H21ClO2. The van der Waals surface area contributed by atoms with Crippen molar-refractivity contribution >= 4 is 11.6 Å². The van der Waals surface area contributed by atoms with Crippen LogP contribution < -0.4 is 4.74 Å². The van der Waals surface area contributed by atoms with E-state index < -0.39 is 6.10 Å². The van der Waals surface area contributed by atoms with E-state index in [0.29, 0.717) is 11.6 Å². The lowest BCUT2D eigenvalue weighted by Gasteiger charge is -2.15. The highest BCUT2D eigenvalue weighted by atomic mass is 35.5. The van der Waals surface area contributed by atoms with Crippen LogP contribution in [0.15, 0.2) is 12.1 Å². The number of hydrogen-bond donors (Lipinski definition) is 1. The van der Waals surface area contributed by atoms with E-state index in [1.165, 1.54) is 19.3 Å². The van der Waals surface area contributed by atoms with E-state index >= 15 is 0 Å². The van der Waals surface area contributed by atoms with Crippen LogP contribution in [-0.4, -0.2) is 11.7 Å². The van der Waals surface area contributed by atoms with Crippen molar-refractivity contribution in [2.45, 2.75) is 51.6 Å². The van der Waals surface area contributed by atoms with Gasteiger partial charge in [-0.05, 0) is 24.1 Å². The second kappa shape index (κ2) is 6.44. The number of fused-ring (bicyclic) bond motifs is 1. The fraction of sp³-hybridized carbons (Fsp3) is 0.600. The van der Waals surface area contributed by atoms with Crippen LogP contribution in [0.25, 0.3) is 0 Å². The van der Waals surface area contributed by atoms with Crippen LogP contribution in [0.4, 0.5) is 0 Å². The Labute approximate surface area is 114 Å². The molecule has 0 bridgehead atoms. The highest BCUT2D eigenvalue weighted by Gasteiger charge is 2.21. The Balaban J connectivity index is 2.03. The lowest BCUT2D eigenvalue weighted by atomic mass is 9.99. The van der Waals surface area contributed by atoms with Crippen molar-refractivity contribution in [3.63, 3.8) is 0 Å². The molecule has 1 aromatic rings. The van der Waals surface area contributed by atoms with Gasteiger partial charge in [0.05, 0.1) is 12.7 Å². The van der Waals surface area contributed by atoms with Gasteiger partial charge in [-0.15, -0.1) is 0 Å². The van der Waals surface area contributed by atoms with E-state index in [0.717, 1.165) is 36.1 Å². The average Bonchev–Trinajstić information content (AvgIpc) is 2.81. The fourth-order valence-electron chi connectivity index (χ4n) is 2.47. The molecule has 1 aliphatic heterocycles. The molecule has 0 saturated carbocycles. The van der Waals surface area contributed by atoms with Crippen LogP contribution in [0.1, 0.15) is 56.3 Å². The fourth-order valence-corrected chi connectivity index (χ4v) is 2.71. The molecule has 100 valence electrons. The summed E-state index contributed by atoms with van der Waals surface area (Å²) in [4.78, 5) is 0. The summed E-state index contributed by atoms with van der Waals surface area (Å²) in [5, 5.41) is 11.0. The number of aliphatic hydroxyl groups excluding tert-OH is 1. The zero-order valence-electron chi connectivity index (χ0n) is 10.9. The zero-order chi connectivity index (χ0) is 13.0. The van der Waals surface area contributed by atoms with Crippen LogP contribution in [-0.2, 0) is 6.42 Å². The monoisotopic (exact) mass is 268 g/mol. The molecule has 1 aromatic carbocycles. The molecule has 1 aliphatic rings. The van der Waals surface area contributed by atoms with E-state index in [1.54, 1.807) is 0 Å². The Morgan fingerprint density at radius 1 is 1.33 bits per heavy atom. The predicted octanol–water partition coefficient (Wildman–Crippen LogP) is 4.28. The summed E-state index contributed by atoms with van der Waals surface area (Å²) in [6, 6.07) is 3.79. The average molecular weight is 269 g/mol. The van der Waals surface area contributed by atoms with Gasteiger partial charge in [0.25, 0.3) is 0 Å². The Bertz CT molecular complexity index is 404. The van der Waals surface area contributed by atoms with Crippen LogP contribution in [0.5, 0.6) is 5.75 Å². The highest BCUT2D eigenvalue weighted by molar-refractivity contribution is 6.30. The summed E-state index contributed by atoms with van der Waals surface area (Å²) < 4.78 is 5.61. The van der Waals surface area contributed by atoms with E-state index in [1.807, 2.05) is 12.1 Å². The molecule has 1 heterocycles. The van der Waals surface area contributed by atoms with E-state index in [4.69, 9.17) is 16.3 Å². The minimum absolute atomic E-state index is 0.451. The molecule has 2 rings (SSSR count). The smallest absolute Gasteiger partial charge is 0.128 e. The lowest BCUT2D eigenvalue weighted by molar-refractivity contribution is 0.159. The van der Waals surface area contributed by atoms with Crippen LogP contribution in [0.2, 0.25) is 5.02 Å². The van der Waals surface area contributed by atoms with E-state index in [2.05, 4.69) is 6.92 Å². The molecule has 3 heteroatoms. The van der Waals surface area contributed by atoms with Crippen molar-refractivity contribution in [2.24, 2.45) is 0 Å². The summed E-state index contributed by atoms with van der Waals surface area (Å²) in [6.07, 6.45) is 5.91. The van der Waals surface area contributed by atoms with Gasteiger partial charge < -0.3 is 9.84 Å². The van der Waals surface area contributed by atoms with Crippen molar-refractivity contribution in [3.8, 4) is 5.75 Å². The third-order valence-electron chi connectivity index (χ3n) is 3.47. The Morgan fingerprint density at radius 3 is 2.94 bits per heavy atom. The van der Waals surface area contributed by atoms with Gasteiger partial charge in [0.15, 0.2) is 0 Å². The summed E-state index contributed by atoms with van der Waals surface area (Å²) in [6.45, 7) is 2.89. The summed E-state index contributed by atoms with van der Waals surface area (Å²) in [5.74, 6) is 0.863. The van der Waals surface area contributed by atoms with Gasteiger partial charge in [-0.1, -0.05) is 44.2 Å². The van der Waals surface area contributed by atoms with Crippen molar-refractivity contribution in [1.29, 1.82) is 0 Å². The van der Waals surface area contributed by atoms with Crippen molar-refractivity contribution in [2.75, 3.05) is 6.61 Å². The van der Waals surface area contributed by atoms with E-state index in [-0.39, 0.29) is 0 Å². The normalized spacial score (nSPS) is 15.3. The van der Waals surface area contributed by atoms with Crippen LogP contribution >= 0.6 is 11.6 Å². The van der Waals surface area contributed by atoms with Gasteiger partial charge in [-0.3, -0.25) is 0 Å². The van der Waals surface area contributed by atoms with Crippen LogP contribution in [0.3, 0.4) is 0 Å². The minimum atomic E-state index is -0.451. The number of aliphatic hydroxyl groups is 1. The molecule has 1 atom stereocenters. The molecule has 1 unspecified atom stereocenters. The standard InChI is InChI=1S/C15H21ClO2/c1-2-3-4-5-6-14(17)13-10-12(16)9-11-7-8-18-15(11)13/h9-10,14,17H,2-8H2,1H3. The number of hydrogen-bond acceptors (Lipinski definition) is 2. The van der Waals surface area contributed by atoms with Crippen molar-refractivity contribution < 1.29 is 9.84 Å². The van der Waals surface area contributed by atoms with Gasteiger partial charge >= 0.3 is 0 Å². The third-order valence-corrected chi connectivity index (χ3v) is 3.69. The number of ether oxygens (including phenoxy) is 1. The number of benzene rings is 1.